The number of hydrogen-bond donors (Lipinski definition) is 2. The van der Waals surface area contributed by atoms with Crippen LogP contribution < -0.4 is 11.1 Å². The number of nitrogens with two attached hydrogens (primary N) is 1. The second-order valence-electron chi connectivity index (χ2n) is 6.08. The van der Waals surface area contributed by atoms with Gasteiger partial charge in [-0.2, -0.15) is 0 Å². The van der Waals surface area contributed by atoms with Gasteiger partial charge in [0.05, 0.1) is 0 Å². The third-order valence-electron chi connectivity index (χ3n) is 4.59. The molecule has 19 heavy (non-hydrogen) atoms. The molecule has 0 heterocycles. The Balaban J connectivity index is 1.72. The summed E-state index contributed by atoms with van der Waals surface area (Å²) in [5, 5.41) is 2.92. The largest absolute Gasteiger partial charge is 0.356 e. The van der Waals surface area contributed by atoms with Crippen LogP contribution in [0, 0.1) is 11.8 Å². The van der Waals surface area contributed by atoms with E-state index in [-0.39, 0.29) is 30.7 Å². The fourth-order valence-corrected chi connectivity index (χ4v) is 3.17. The van der Waals surface area contributed by atoms with Crippen molar-refractivity contribution in [2.24, 2.45) is 17.6 Å². The van der Waals surface area contributed by atoms with Gasteiger partial charge in [-0.25, -0.2) is 8.78 Å². The van der Waals surface area contributed by atoms with Gasteiger partial charge in [0.25, 0.3) is 0 Å². The predicted octanol–water partition coefficient (Wildman–Crippen LogP) is 2.45. The summed E-state index contributed by atoms with van der Waals surface area (Å²) in [5.41, 5.74) is 6.03. The Kier molecular flexibility index (Phi) is 4.76. The minimum atomic E-state index is -2.57. The van der Waals surface area contributed by atoms with Crippen LogP contribution in [0.15, 0.2) is 0 Å². The minimum absolute atomic E-state index is 0.0618. The van der Waals surface area contributed by atoms with Crippen molar-refractivity contribution in [3.63, 3.8) is 0 Å². The topological polar surface area (TPSA) is 55.1 Å². The maximum atomic E-state index is 13.0. The summed E-state index contributed by atoms with van der Waals surface area (Å²) in [6.07, 6.45) is 4.71. The first-order valence-corrected chi connectivity index (χ1v) is 7.39. The second kappa shape index (κ2) is 6.16. The zero-order valence-electron chi connectivity index (χ0n) is 11.3. The van der Waals surface area contributed by atoms with Gasteiger partial charge in [-0.1, -0.05) is 12.8 Å². The first-order valence-electron chi connectivity index (χ1n) is 7.39. The lowest BCUT2D eigenvalue weighted by molar-refractivity contribution is -0.129. The van der Waals surface area contributed by atoms with Crippen molar-refractivity contribution in [3.05, 3.63) is 0 Å². The third kappa shape index (κ3) is 4.13. The molecule has 3 nitrogen and oxygen atoms in total. The fraction of sp³-hybridized carbons (Fsp3) is 0.929. The van der Waals surface area contributed by atoms with Crippen LogP contribution in [-0.2, 0) is 4.79 Å². The third-order valence-corrected chi connectivity index (χ3v) is 4.59. The molecule has 1 amide bonds. The van der Waals surface area contributed by atoms with E-state index in [1.54, 1.807) is 0 Å². The average molecular weight is 274 g/mol. The van der Waals surface area contributed by atoms with Crippen LogP contribution >= 0.6 is 0 Å². The molecule has 2 rings (SSSR count). The molecule has 2 aliphatic carbocycles. The van der Waals surface area contributed by atoms with Gasteiger partial charge in [-0.3, -0.25) is 4.79 Å². The zero-order chi connectivity index (χ0) is 13.9. The van der Waals surface area contributed by atoms with E-state index in [1.807, 2.05) is 0 Å². The average Bonchev–Trinajstić information content (AvgIpc) is 2.37. The van der Waals surface area contributed by atoms with Crippen molar-refractivity contribution in [2.75, 3.05) is 6.54 Å². The Morgan fingerprint density at radius 3 is 2.42 bits per heavy atom. The highest BCUT2D eigenvalue weighted by Gasteiger charge is 2.37. The van der Waals surface area contributed by atoms with E-state index in [0.717, 1.165) is 12.8 Å². The number of nitrogens with one attached hydrogen (secondary N) is 1. The highest BCUT2D eigenvalue weighted by molar-refractivity contribution is 5.78. The molecule has 2 saturated carbocycles. The number of rotatable bonds is 3. The molecular formula is C14H24F2N2O. The monoisotopic (exact) mass is 274 g/mol. The van der Waals surface area contributed by atoms with Gasteiger partial charge in [0, 0.05) is 31.3 Å². The van der Waals surface area contributed by atoms with E-state index in [1.165, 1.54) is 12.8 Å². The summed E-state index contributed by atoms with van der Waals surface area (Å²) < 4.78 is 26.0. The maximum absolute atomic E-state index is 13.0. The Morgan fingerprint density at radius 2 is 1.79 bits per heavy atom. The van der Waals surface area contributed by atoms with Gasteiger partial charge in [0.1, 0.15) is 0 Å². The summed E-state index contributed by atoms with van der Waals surface area (Å²) in [7, 11) is 0. The molecule has 110 valence electrons. The molecule has 3 N–H and O–H groups in total. The second-order valence-corrected chi connectivity index (χ2v) is 6.08. The lowest BCUT2D eigenvalue weighted by atomic mass is 9.84. The van der Waals surface area contributed by atoms with Crippen LogP contribution in [0.25, 0.3) is 0 Å². The molecule has 2 fully saturated rings. The van der Waals surface area contributed by atoms with Gasteiger partial charge >= 0.3 is 0 Å². The lowest BCUT2D eigenvalue weighted by Crippen LogP contribution is -2.43. The van der Waals surface area contributed by atoms with Gasteiger partial charge in [0.2, 0.25) is 11.8 Å². The molecule has 5 heteroatoms. The zero-order valence-corrected chi connectivity index (χ0v) is 11.3. The standard InChI is InChI=1S/C14H24F2N2O/c15-14(16)7-5-10(6-8-14)13(19)18-9-11-3-1-2-4-12(11)17/h10-12H,1-9,17H2,(H,18,19). The van der Waals surface area contributed by atoms with Crippen LogP contribution in [0.1, 0.15) is 51.4 Å². The number of halogens is 2. The lowest BCUT2D eigenvalue weighted by Gasteiger charge is -2.31. The highest BCUT2D eigenvalue weighted by Crippen LogP contribution is 2.36. The van der Waals surface area contributed by atoms with E-state index in [0.29, 0.717) is 25.3 Å². The number of carbonyl (C=O) groups excluding carboxylic acids is 1. The molecule has 2 unspecified atom stereocenters. The van der Waals surface area contributed by atoms with Crippen molar-refractivity contribution < 1.29 is 13.6 Å². The van der Waals surface area contributed by atoms with Crippen molar-refractivity contribution in [2.45, 2.75) is 63.3 Å². The Bertz CT molecular complexity index is 313. The Labute approximate surface area is 113 Å². The SMILES string of the molecule is NC1CCCCC1CNC(=O)C1CCC(F)(F)CC1. The summed E-state index contributed by atoms with van der Waals surface area (Å²) in [5.74, 6) is -2.52. The van der Waals surface area contributed by atoms with Gasteiger partial charge in [-0.05, 0) is 31.6 Å². The van der Waals surface area contributed by atoms with Gasteiger partial charge < -0.3 is 11.1 Å². The van der Waals surface area contributed by atoms with Crippen LogP contribution in [0.4, 0.5) is 8.78 Å². The molecular weight excluding hydrogens is 250 g/mol. The normalized spacial score (nSPS) is 31.9. The molecule has 0 aromatic carbocycles. The number of hydrogen-bond acceptors (Lipinski definition) is 2. The molecule has 2 atom stereocenters. The van der Waals surface area contributed by atoms with E-state index in [4.69, 9.17) is 5.73 Å². The first-order chi connectivity index (χ1) is 8.98. The number of carbonyl (C=O) groups is 1. The number of alkyl halides is 2. The summed E-state index contributed by atoms with van der Waals surface area (Å²) >= 11 is 0. The summed E-state index contributed by atoms with van der Waals surface area (Å²) in [6.45, 7) is 0.604. The Hall–Kier alpha value is -0.710. The smallest absolute Gasteiger partial charge is 0.248 e. The summed E-state index contributed by atoms with van der Waals surface area (Å²) in [6, 6.07) is 0.171. The molecule has 0 radical (unpaired) electrons. The van der Waals surface area contributed by atoms with Crippen LogP contribution in [-0.4, -0.2) is 24.4 Å². The quantitative estimate of drug-likeness (QED) is 0.830. The molecule has 0 spiro atoms. The van der Waals surface area contributed by atoms with Crippen molar-refractivity contribution in [1.29, 1.82) is 0 Å². The molecule has 0 bridgehead atoms. The summed E-state index contributed by atoms with van der Waals surface area (Å²) in [4.78, 5) is 12.0. The Morgan fingerprint density at radius 1 is 1.16 bits per heavy atom. The van der Waals surface area contributed by atoms with E-state index >= 15 is 0 Å². The van der Waals surface area contributed by atoms with Crippen molar-refractivity contribution >= 4 is 5.91 Å². The predicted molar refractivity (Wildman–Crippen MR) is 69.8 cm³/mol. The number of amides is 1. The van der Waals surface area contributed by atoms with Crippen molar-refractivity contribution in [1.82, 2.24) is 5.32 Å². The maximum Gasteiger partial charge on any atom is 0.248 e. The van der Waals surface area contributed by atoms with E-state index in [2.05, 4.69) is 5.32 Å². The van der Waals surface area contributed by atoms with E-state index in [9.17, 15) is 13.6 Å². The first kappa shape index (κ1) is 14.7. The van der Waals surface area contributed by atoms with Gasteiger partial charge in [-0.15, -0.1) is 0 Å². The fourth-order valence-electron chi connectivity index (χ4n) is 3.17. The van der Waals surface area contributed by atoms with Crippen LogP contribution in [0.3, 0.4) is 0 Å². The molecule has 0 aliphatic heterocycles. The van der Waals surface area contributed by atoms with Crippen molar-refractivity contribution in [3.8, 4) is 0 Å². The van der Waals surface area contributed by atoms with Crippen LogP contribution in [0.2, 0.25) is 0 Å². The highest BCUT2D eigenvalue weighted by atomic mass is 19.3. The molecule has 0 aromatic heterocycles. The van der Waals surface area contributed by atoms with Crippen LogP contribution in [0.5, 0.6) is 0 Å². The molecule has 2 aliphatic rings. The minimum Gasteiger partial charge on any atom is -0.356 e. The van der Waals surface area contributed by atoms with Gasteiger partial charge in [0.15, 0.2) is 0 Å². The molecule has 0 saturated heterocycles. The molecule has 0 aromatic rings. The van der Waals surface area contributed by atoms with E-state index < -0.39 is 5.92 Å².